The molecule has 0 atom stereocenters. The van der Waals surface area contributed by atoms with E-state index in [-0.39, 0.29) is 0 Å². The summed E-state index contributed by atoms with van der Waals surface area (Å²) in [7, 11) is 0. The molecule has 0 radical (unpaired) electrons. The summed E-state index contributed by atoms with van der Waals surface area (Å²) < 4.78 is 0. The third kappa shape index (κ3) is 2.08. The fraction of sp³-hybridized carbons (Fsp3) is 0.333. The van der Waals surface area contributed by atoms with Gasteiger partial charge in [-0.05, 0) is 26.0 Å². The van der Waals surface area contributed by atoms with Gasteiger partial charge < -0.3 is 0 Å². The fourth-order valence-electron chi connectivity index (χ4n) is 1.18. The van der Waals surface area contributed by atoms with Crippen molar-refractivity contribution < 1.29 is 0 Å². The van der Waals surface area contributed by atoms with Gasteiger partial charge in [0.1, 0.15) is 0 Å². The molecule has 0 aliphatic carbocycles. The third-order valence-corrected chi connectivity index (χ3v) is 1.98. The zero-order valence-electron chi connectivity index (χ0n) is 9.20. The largest absolute Gasteiger partial charge is 0.250 e. The Labute approximate surface area is 85.0 Å². The van der Waals surface area contributed by atoms with Gasteiger partial charge in [0.25, 0.3) is 0 Å². The van der Waals surface area contributed by atoms with Gasteiger partial charge in [0.2, 0.25) is 0 Å². The summed E-state index contributed by atoms with van der Waals surface area (Å²) in [5, 5.41) is 0. The van der Waals surface area contributed by atoms with Crippen LogP contribution in [0.2, 0.25) is 0 Å². The van der Waals surface area contributed by atoms with Gasteiger partial charge in [0.15, 0.2) is 0 Å². The molecule has 0 spiro atoms. The molecule has 1 heterocycles. The number of aromatic nitrogens is 2. The molecule has 0 unspecified atom stereocenters. The number of hydrogen-bond acceptors (Lipinski definition) is 2. The van der Waals surface area contributed by atoms with Gasteiger partial charge in [-0.15, -0.1) is 0 Å². The number of benzene rings is 1. The molecule has 0 aliphatic rings. The van der Waals surface area contributed by atoms with E-state index >= 15 is 0 Å². The summed E-state index contributed by atoms with van der Waals surface area (Å²) in [5.41, 5.74) is 3.96. The van der Waals surface area contributed by atoms with Crippen molar-refractivity contribution >= 4 is 11.0 Å². The quantitative estimate of drug-likeness (QED) is 0.634. The van der Waals surface area contributed by atoms with Gasteiger partial charge in [0.05, 0.1) is 22.4 Å². The maximum atomic E-state index is 4.41. The number of aryl methyl sites for hydroxylation is 2. The molecule has 2 aromatic rings. The Morgan fingerprint density at radius 1 is 0.786 bits per heavy atom. The molecule has 0 saturated heterocycles. The van der Waals surface area contributed by atoms with E-state index in [4.69, 9.17) is 0 Å². The number of rotatable bonds is 0. The highest BCUT2D eigenvalue weighted by molar-refractivity contribution is 5.74. The zero-order valence-corrected chi connectivity index (χ0v) is 9.20. The van der Waals surface area contributed by atoms with Crippen LogP contribution >= 0.6 is 0 Å². The van der Waals surface area contributed by atoms with Crippen LogP contribution < -0.4 is 0 Å². The Morgan fingerprint density at radius 3 is 1.50 bits per heavy atom. The van der Waals surface area contributed by atoms with Crippen molar-refractivity contribution in [2.45, 2.75) is 27.7 Å². The van der Waals surface area contributed by atoms with E-state index < -0.39 is 0 Å². The van der Waals surface area contributed by atoms with Crippen molar-refractivity contribution in [3.05, 3.63) is 35.7 Å². The first-order valence-electron chi connectivity index (χ1n) is 4.97. The fourth-order valence-corrected chi connectivity index (χ4v) is 1.18. The van der Waals surface area contributed by atoms with Crippen LogP contribution in [-0.4, -0.2) is 9.97 Å². The van der Waals surface area contributed by atoms with Crippen LogP contribution in [0.1, 0.15) is 25.2 Å². The van der Waals surface area contributed by atoms with Gasteiger partial charge in [-0.2, -0.15) is 0 Å². The summed E-state index contributed by atoms with van der Waals surface area (Å²) in [5.74, 6) is 0. The number of hydrogen-bond donors (Lipinski definition) is 0. The summed E-state index contributed by atoms with van der Waals surface area (Å²) in [6, 6.07) is 7.92. The molecule has 14 heavy (non-hydrogen) atoms. The zero-order chi connectivity index (χ0) is 10.6. The Balaban J connectivity index is 0.000000461. The number of nitrogens with zero attached hydrogens (tertiary/aromatic N) is 2. The third-order valence-electron chi connectivity index (χ3n) is 1.98. The minimum Gasteiger partial charge on any atom is -0.250 e. The molecule has 2 nitrogen and oxygen atoms in total. The van der Waals surface area contributed by atoms with E-state index in [9.17, 15) is 0 Å². The van der Waals surface area contributed by atoms with E-state index in [1.54, 1.807) is 0 Å². The van der Waals surface area contributed by atoms with E-state index in [1.165, 1.54) is 0 Å². The lowest BCUT2D eigenvalue weighted by Crippen LogP contribution is -1.92. The van der Waals surface area contributed by atoms with Crippen LogP contribution in [0.3, 0.4) is 0 Å². The van der Waals surface area contributed by atoms with Gasteiger partial charge in [-0.25, -0.2) is 9.97 Å². The van der Waals surface area contributed by atoms with Crippen molar-refractivity contribution in [3.63, 3.8) is 0 Å². The Bertz CT molecular complexity index is 381. The van der Waals surface area contributed by atoms with Crippen molar-refractivity contribution in [1.82, 2.24) is 9.97 Å². The van der Waals surface area contributed by atoms with Crippen molar-refractivity contribution in [2.24, 2.45) is 0 Å². The molecular weight excluding hydrogens is 172 g/mol. The Kier molecular flexibility index (Phi) is 3.57. The molecule has 1 aromatic heterocycles. The average Bonchev–Trinajstić information content (AvgIpc) is 2.23. The molecular formula is C12H16N2. The summed E-state index contributed by atoms with van der Waals surface area (Å²) >= 11 is 0. The summed E-state index contributed by atoms with van der Waals surface area (Å²) in [6.45, 7) is 7.96. The van der Waals surface area contributed by atoms with Crippen molar-refractivity contribution in [2.75, 3.05) is 0 Å². The van der Waals surface area contributed by atoms with Crippen LogP contribution in [0.15, 0.2) is 24.3 Å². The van der Waals surface area contributed by atoms with Crippen LogP contribution in [0.5, 0.6) is 0 Å². The SMILES string of the molecule is CC.Cc1nc2ccccc2nc1C. The van der Waals surface area contributed by atoms with Gasteiger partial charge >= 0.3 is 0 Å². The standard InChI is InChI=1S/C10H10N2.C2H6/c1-7-8(2)12-10-6-4-3-5-9(10)11-7;1-2/h3-6H,1-2H3;1-2H3. The molecule has 1 aromatic carbocycles. The lowest BCUT2D eigenvalue weighted by Gasteiger charge is -2.00. The summed E-state index contributed by atoms with van der Waals surface area (Å²) in [4.78, 5) is 8.83. The van der Waals surface area contributed by atoms with Gasteiger partial charge in [-0.1, -0.05) is 26.0 Å². The maximum Gasteiger partial charge on any atom is 0.0890 e. The van der Waals surface area contributed by atoms with Gasteiger partial charge in [0, 0.05) is 0 Å². The monoisotopic (exact) mass is 188 g/mol. The molecule has 0 saturated carbocycles. The van der Waals surface area contributed by atoms with Crippen LogP contribution in [0, 0.1) is 13.8 Å². The highest BCUT2D eigenvalue weighted by atomic mass is 14.8. The highest BCUT2D eigenvalue weighted by Gasteiger charge is 1.98. The maximum absolute atomic E-state index is 4.41. The summed E-state index contributed by atoms with van der Waals surface area (Å²) in [6.07, 6.45) is 0. The predicted molar refractivity (Wildman–Crippen MR) is 60.4 cm³/mol. The number of fused-ring (bicyclic) bond motifs is 1. The molecule has 74 valence electrons. The molecule has 0 N–H and O–H groups in total. The van der Waals surface area contributed by atoms with Crippen LogP contribution in [0.4, 0.5) is 0 Å². The second-order valence-electron chi connectivity index (χ2n) is 2.88. The van der Waals surface area contributed by atoms with Crippen LogP contribution in [0.25, 0.3) is 11.0 Å². The molecule has 0 bridgehead atoms. The minimum atomic E-state index is 0.973. The second kappa shape index (κ2) is 4.70. The first-order chi connectivity index (χ1) is 6.77. The Hall–Kier alpha value is -1.44. The first kappa shape index (κ1) is 10.6. The first-order valence-corrected chi connectivity index (χ1v) is 4.97. The molecule has 2 rings (SSSR count). The lowest BCUT2D eigenvalue weighted by atomic mass is 10.2. The minimum absolute atomic E-state index is 0.973. The van der Waals surface area contributed by atoms with Crippen molar-refractivity contribution in [3.8, 4) is 0 Å². The number of para-hydroxylation sites is 2. The smallest absolute Gasteiger partial charge is 0.0890 e. The van der Waals surface area contributed by atoms with Crippen LogP contribution in [-0.2, 0) is 0 Å². The molecule has 2 heteroatoms. The molecule has 0 fully saturated rings. The average molecular weight is 188 g/mol. The Morgan fingerprint density at radius 2 is 1.14 bits per heavy atom. The molecule has 0 amide bonds. The van der Waals surface area contributed by atoms with E-state index in [2.05, 4.69) is 9.97 Å². The van der Waals surface area contributed by atoms with Gasteiger partial charge in [-0.3, -0.25) is 0 Å². The normalized spacial score (nSPS) is 9.43. The highest BCUT2D eigenvalue weighted by Crippen LogP contribution is 2.10. The topological polar surface area (TPSA) is 25.8 Å². The van der Waals surface area contributed by atoms with E-state index in [0.717, 1.165) is 22.4 Å². The van der Waals surface area contributed by atoms with Crippen molar-refractivity contribution in [1.29, 1.82) is 0 Å². The molecule has 0 aliphatic heterocycles. The lowest BCUT2D eigenvalue weighted by molar-refractivity contribution is 1.10. The van der Waals surface area contributed by atoms with E-state index in [0.29, 0.717) is 0 Å². The van der Waals surface area contributed by atoms with E-state index in [1.807, 2.05) is 52.0 Å². The second-order valence-corrected chi connectivity index (χ2v) is 2.88. The predicted octanol–water partition coefficient (Wildman–Crippen LogP) is 3.27.